The van der Waals surface area contributed by atoms with Gasteiger partial charge in [-0.2, -0.15) is 0 Å². The first-order valence-corrected chi connectivity index (χ1v) is 7.27. The van der Waals surface area contributed by atoms with Gasteiger partial charge < -0.3 is 10.2 Å². The van der Waals surface area contributed by atoms with E-state index < -0.39 is 0 Å². The molecule has 0 saturated heterocycles. The topological polar surface area (TPSA) is 63.1 Å². The fourth-order valence-electron chi connectivity index (χ4n) is 1.91. The van der Waals surface area contributed by atoms with Gasteiger partial charge in [-0.05, 0) is 13.0 Å². The molecule has 0 spiro atoms. The van der Waals surface area contributed by atoms with Crippen LogP contribution in [0.15, 0.2) is 6.20 Å². The molecule has 1 rings (SSSR count). The molecule has 1 N–H and O–H groups in total. The zero-order valence-electron chi connectivity index (χ0n) is 13.3. The van der Waals surface area contributed by atoms with Crippen LogP contribution in [0.4, 0.5) is 0 Å². The van der Waals surface area contributed by atoms with E-state index in [1.807, 2.05) is 24.7 Å². The number of carbonyl (C=O) groups excluding carboxylic acids is 1. The highest BCUT2D eigenvalue weighted by Crippen LogP contribution is 2.04. The zero-order valence-corrected chi connectivity index (χ0v) is 13.3. The maximum Gasteiger partial charge on any atom is 0.225 e. The molecule has 6 heteroatoms. The number of aromatic nitrogens is 3. The van der Waals surface area contributed by atoms with Gasteiger partial charge in [0, 0.05) is 25.6 Å². The second-order valence-electron chi connectivity index (χ2n) is 5.78. The van der Waals surface area contributed by atoms with E-state index in [-0.39, 0.29) is 11.8 Å². The maximum absolute atomic E-state index is 11.8. The predicted octanol–water partition coefficient (Wildman–Crippen LogP) is 1.28. The minimum absolute atomic E-state index is 0.0113. The van der Waals surface area contributed by atoms with Crippen LogP contribution in [-0.4, -0.2) is 45.4 Å². The summed E-state index contributed by atoms with van der Waals surface area (Å²) in [5.41, 5.74) is 0.832. The van der Waals surface area contributed by atoms with Gasteiger partial charge in [0.15, 0.2) is 0 Å². The lowest BCUT2D eigenvalue weighted by Crippen LogP contribution is -2.30. The Morgan fingerprint density at radius 1 is 1.40 bits per heavy atom. The Hall–Kier alpha value is -1.43. The average Bonchev–Trinajstić information content (AvgIpc) is 2.80. The van der Waals surface area contributed by atoms with Gasteiger partial charge in [-0.25, -0.2) is 0 Å². The highest BCUT2D eigenvalue weighted by molar-refractivity contribution is 5.77. The van der Waals surface area contributed by atoms with Crippen molar-refractivity contribution in [2.75, 3.05) is 13.6 Å². The van der Waals surface area contributed by atoms with Crippen LogP contribution in [-0.2, 0) is 17.9 Å². The summed E-state index contributed by atoms with van der Waals surface area (Å²) in [6, 6.07) is 0.511. The maximum atomic E-state index is 11.8. The first-order chi connectivity index (χ1) is 9.40. The van der Waals surface area contributed by atoms with Gasteiger partial charge >= 0.3 is 0 Å². The molecule has 6 nitrogen and oxygen atoms in total. The Morgan fingerprint density at radius 2 is 2.10 bits per heavy atom. The van der Waals surface area contributed by atoms with Crippen LogP contribution >= 0.6 is 0 Å². The van der Waals surface area contributed by atoms with Crippen LogP contribution in [0, 0.1) is 5.92 Å². The van der Waals surface area contributed by atoms with E-state index in [4.69, 9.17) is 0 Å². The lowest BCUT2D eigenvalue weighted by molar-refractivity contribution is -0.133. The first-order valence-electron chi connectivity index (χ1n) is 7.27. The second-order valence-corrected chi connectivity index (χ2v) is 5.78. The van der Waals surface area contributed by atoms with E-state index in [0.29, 0.717) is 12.6 Å². The van der Waals surface area contributed by atoms with Crippen LogP contribution < -0.4 is 5.32 Å². The van der Waals surface area contributed by atoms with E-state index in [1.54, 1.807) is 11.9 Å². The van der Waals surface area contributed by atoms with Crippen molar-refractivity contribution in [3.8, 4) is 0 Å². The smallest absolute Gasteiger partial charge is 0.225 e. The molecule has 0 aliphatic heterocycles. The summed E-state index contributed by atoms with van der Waals surface area (Å²) < 4.78 is 1.84. The molecule has 0 aromatic carbocycles. The summed E-state index contributed by atoms with van der Waals surface area (Å²) in [7, 11) is 1.80. The van der Waals surface area contributed by atoms with Crippen LogP contribution in [0.2, 0.25) is 0 Å². The Kier molecular flexibility index (Phi) is 6.64. The molecule has 0 atom stereocenters. The number of hydrogen-bond acceptors (Lipinski definition) is 4. The van der Waals surface area contributed by atoms with Crippen molar-refractivity contribution in [2.45, 2.75) is 53.2 Å². The van der Waals surface area contributed by atoms with Gasteiger partial charge in [0.25, 0.3) is 0 Å². The molecule has 20 heavy (non-hydrogen) atoms. The van der Waals surface area contributed by atoms with Crippen LogP contribution in [0.25, 0.3) is 0 Å². The highest BCUT2D eigenvalue weighted by Gasteiger charge is 2.14. The van der Waals surface area contributed by atoms with Gasteiger partial charge in [-0.3, -0.25) is 9.48 Å². The average molecular weight is 281 g/mol. The fourth-order valence-corrected chi connectivity index (χ4v) is 1.91. The van der Waals surface area contributed by atoms with Crippen molar-refractivity contribution in [3.63, 3.8) is 0 Å². The SMILES string of the molecule is CC(C)NCCCn1cc(CN(C)C(=O)C(C)C)nn1. The Bertz CT molecular complexity index is 413. The van der Waals surface area contributed by atoms with Crippen molar-refractivity contribution in [1.82, 2.24) is 25.2 Å². The van der Waals surface area contributed by atoms with E-state index in [2.05, 4.69) is 29.5 Å². The number of hydrogen-bond donors (Lipinski definition) is 1. The highest BCUT2D eigenvalue weighted by atomic mass is 16.2. The molecule has 114 valence electrons. The molecule has 0 aliphatic carbocycles. The van der Waals surface area contributed by atoms with E-state index in [9.17, 15) is 4.79 Å². The van der Waals surface area contributed by atoms with Gasteiger partial charge in [-0.15, -0.1) is 5.10 Å². The molecule has 0 unspecified atom stereocenters. The molecule has 1 aromatic heterocycles. The van der Waals surface area contributed by atoms with Gasteiger partial charge in [0.2, 0.25) is 5.91 Å². The summed E-state index contributed by atoms with van der Waals surface area (Å²) in [4.78, 5) is 13.5. The van der Waals surface area contributed by atoms with Crippen molar-refractivity contribution >= 4 is 5.91 Å². The van der Waals surface area contributed by atoms with E-state index in [1.165, 1.54) is 0 Å². The lowest BCUT2D eigenvalue weighted by atomic mass is 10.2. The van der Waals surface area contributed by atoms with Crippen LogP contribution in [0.5, 0.6) is 0 Å². The van der Waals surface area contributed by atoms with Gasteiger partial charge in [0.1, 0.15) is 5.69 Å². The largest absolute Gasteiger partial charge is 0.340 e. The monoisotopic (exact) mass is 281 g/mol. The van der Waals surface area contributed by atoms with Crippen LogP contribution in [0.3, 0.4) is 0 Å². The standard InChI is InChI=1S/C14H27N5O/c1-11(2)14(20)18(5)9-13-10-19(17-16-13)8-6-7-15-12(3)4/h10-12,15H,6-9H2,1-5H3. The number of nitrogens with one attached hydrogen (secondary N) is 1. The van der Waals surface area contributed by atoms with Crippen molar-refractivity contribution in [2.24, 2.45) is 5.92 Å². The van der Waals surface area contributed by atoms with Gasteiger partial charge in [-0.1, -0.05) is 32.9 Å². The molecule has 1 amide bonds. The third-order valence-corrected chi connectivity index (χ3v) is 2.97. The van der Waals surface area contributed by atoms with Crippen molar-refractivity contribution < 1.29 is 4.79 Å². The number of rotatable bonds is 8. The molecule has 1 aromatic rings. The van der Waals surface area contributed by atoms with E-state index >= 15 is 0 Å². The predicted molar refractivity (Wildman–Crippen MR) is 79.1 cm³/mol. The third kappa shape index (κ3) is 5.69. The van der Waals surface area contributed by atoms with Crippen molar-refractivity contribution in [3.05, 3.63) is 11.9 Å². The van der Waals surface area contributed by atoms with Crippen molar-refractivity contribution in [1.29, 1.82) is 0 Å². The van der Waals surface area contributed by atoms with Crippen LogP contribution in [0.1, 0.15) is 39.8 Å². The quantitative estimate of drug-likeness (QED) is 0.729. The van der Waals surface area contributed by atoms with Gasteiger partial charge in [0.05, 0.1) is 12.7 Å². The molecule has 0 saturated carbocycles. The molecule has 0 aliphatic rings. The number of aryl methyl sites for hydroxylation is 1. The normalized spacial score (nSPS) is 11.3. The minimum Gasteiger partial charge on any atom is -0.340 e. The summed E-state index contributed by atoms with van der Waals surface area (Å²) in [5.74, 6) is 0.137. The molecule has 0 radical (unpaired) electrons. The molecular weight excluding hydrogens is 254 g/mol. The number of carbonyl (C=O) groups is 1. The Morgan fingerprint density at radius 3 is 2.70 bits per heavy atom. The Balaban J connectivity index is 2.37. The molecule has 0 bridgehead atoms. The third-order valence-electron chi connectivity index (χ3n) is 2.97. The number of amides is 1. The molecular formula is C14H27N5O. The first kappa shape index (κ1) is 16.6. The fraction of sp³-hybridized carbons (Fsp3) is 0.786. The molecule has 0 fully saturated rings. The summed E-state index contributed by atoms with van der Waals surface area (Å²) in [6.07, 6.45) is 2.93. The summed E-state index contributed by atoms with van der Waals surface area (Å²) >= 11 is 0. The summed E-state index contributed by atoms with van der Waals surface area (Å²) in [5, 5.41) is 11.6. The number of nitrogens with zero attached hydrogens (tertiary/aromatic N) is 4. The molecule has 1 heterocycles. The lowest BCUT2D eigenvalue weighted by Gasteiger charge is -2.17. The van der Waals surface area contributed by atoms with E-state index in [0.717, 1.165) is 25.2 Å². The Labute approximate surface area is 121 Å². The second kappa shape index (κ2) is 7.99. The minimum atomic E-state index is 0.0113. The zero-order chi connectivity index (χ0) is 15.1. The summed E-state index contributed by atoms with van der Waals surface area (Å²) in [6.45, 7) is 10.4.